The number of anilines is 1. The van der Waals surface area contributed by atoms with Crippen molar-refractivity contribution in [1.29, 1.82) is 0 Å². The van der Waals surface area contributed by atoms with Crippen LogP contribution < -0.4 is 10.1 Å². The summed E-state index contributed by atoms with van der Waals surface area (Å²) >= 11 is 9.32. The summed E-state index contributed by atoms with van der Waals surface area (Å²) in [6.07, 6.45) is 0. The van der Waals surface area contributed by atoms with Crippen LogP contribution in [0.2, 0.25) is 5.02 Å². The van der Waals surface area contributed by atoms with Crippen LogP contribution in [-0.4, -0.2) is 17.9 Å². The topological polar surface area (TPSA) is 81.5 Å². The summed E-state index contributed by atoms with van der Waals surface area (Å²) in [4.78, 5) is 22.8. The van der Waals surface area contributed by atoms with Crippen molar-refractivity contribution in [3.05, 3.63) is 61.1 Å². The fraction of sp³-hybridized carbons (Fsp3) is 0.133. The van der Waals surface area contributed by atoms with Crippen LogP contribution in [0.15, 0.2) is 34.8 Å². The van der Waals surface area contributed by atoms with E-state index in [9.17, 15) is 14.9 Å². The van der Waals surface area contributed by atoms with Crippen molar-refractivity contribution in [2.75, 3.05) is 12.4 Å². The molecule has 0 fully saturated rings. The van der Waals surface area contributed by atoms with Gasteiger partial charge in [-0.25, -0.2) is 0 Å². The summed E-state index contributed by atoms with van der Waals surface area (Å²) in [6, 6.07) is 7.25. The Balaban J connectivity index is 2.40. The van der Waals surface area contributed by atoms with Gasteiger partial charge in [-0.1, -0.05) is 27.5 Å². The van der Waals surface area contributed by atoms with Gasteiger partial charge < -0.3 is 10.1 Å². The number of methoxy groups -OCH3 is 1. The highest BCUT2D eigenvalue weighted by molar-refractivity contribution is 9.10. The average molecular weight is 400 g/mol. The molecule has 1 N–H and O–H groups in total. The normalized spacial score (nSPS) is 10.3. The lowest BCUT2D eigenvalue weighted by Gasteiger charge is -2.13. The van der Waals surface area contributed by atoms with Crippen molar-refractivity contribution in [2.45, 2.75) is 6.92 Å². The van der Waals surface area contributed by atoms with E-state index < -0.39 is 10.8 Å². The third-order valence-corrected chi connectivity index (χ3v) is 3.88. The molecule has 0 aliphatic carbocycles. The zero-order valence-electron chi connectivity index (χ0n) is 12.2. The first-order chi connectivity index (χ1) is 10.8. The fourth-order valence-corrected chi connectivity index (χ4v) is 2.82. The van der Waals surface area contributed by atoms with Gasteiger partial charge in [-0.05, 0) is 30.7 Å². The van der Waals surface area contributed by atoms with E-state index in [2.05, 4.69) is 21.2 Å². The summed E-state index contributed by atoms with van der Waals surface area (Å²) in [6.45, 7) is 1.81. The standard InChI is InChI=1S/C15H12BrClN2O4/c1-8-5-9(16)6-11(14(8)23-2)15(20)18-13-7-10(19(21)22)3-4-12(13)17/h3-7H,1-2H3,(H,18,20). The Morgan fingerprint density at radius 3 is 2.65 bits per heavy atom. The van der Waals surface area contributed by atoms with Crippen molar-refractivity contribution in [3.8, 4) is 5.75 Å². The number of aryl methyl sites for hydroxylation is 1. The summed E-state index contributed by atoms with van der Waals surface area (Å²) in [5.41, 5.74) is 1.06. The molecule has 0 aliphatic rings. The smallest absolute Gasteiger partial charge is 0.271 e. The number of amides is 1. The molecule has 0 heterocycles. The first-order valence-corrected chi connectivity index (χ1v) is 7.60. The Kier molecular flexibility index (Phi) is 5.23. The van der Waals surface area contributed by atoms with Crippen LogP contribution in [0.3, 0.4) is 0 Å². The molecule has 0 aliphatic heterocycles. The van der Waals surface area contributed by atoms with E-state index in [0.717, 1.165) is 5.56 Å². The van der Waals surface area contributed by atoms with E-state index in [1.807, 2.05) is 6.07 Å². The zero-order chi connectivity index (χ0) is 17.1. The second-order valence-electron chi connectivity index (χ2n) is 4.68. The first-order valence-electron chi connectivity index (χ1n) is 6.43. The number of rotatable bonds is 4. The molecule has 2 aromatic rings. The SMILES string of the molecule is COc1c(C)cc(Br)cc1C(=O)Nc1cc([N+](=O)[O-])ccc1Cl. The molecule has 0 atom stereocenters. The van der Waals surface area contributed by atoms with Gasteiger partial charge in [-0.3, -0.25) is 14.9 Å². The summed E-state index contributed by atoms with van der Waals surface area (Å²) in [7, 11) is 1.47. The van der Waals surface area contributed by atoms with E-state index in [1.165, 1.54) is 25.3 Å². The summed E-state index contributed by atoms with van der Waals surface area (Å²) in [5.74, 6) is -0.0547. The van der Waals surface area contributed by atoms with Crippen molar-refractivity contribution < 1.29 is 14.5 Å². The van der Waals surface area contributed by atoms with Crippen molar-refractivity contribution in [1.82, 2.24) is 0 Å². The number of halogens is 2. The Morgan fingerprint density at radius 2 is 2.04 bits per heavy atom. The molecular weight excluding hydrogens is 388 g/mol. The molecule has 2 aromatic carbocycles. The number of carbonyl (C=O) groups is 1. The molecule has 120 valence electrons. The minimum atomic E-state index is -0.560. The minimum absolute atomic E-state index is 0.158. The van der Waals surface area contributed by atoms with Crippen molar-refractivity contribution >= 4 is 44.8 Å². The average Bonchev–Trinajstić information content (AvgIpc) is 2.48. The maximum absolute atomic E-state index is 12.5. The molecule has 0 bridgehead atoms. The molecule has 0 aromatic heterocycles. The molecular formula is C15H12BrClN2O4. The Morgan fingerprint density at radius 1 is 1.35 bits per heavy atom. The molecule has 23 heavy (non-hydrogen) atoms. The zero-order valence-corrected chi connectivity index (χ0v) is 14.6. The highest BCUT2D eigenvalue weighted by atomic mass is 79.9. The largest absolute Gasteiger partial charge is 0.496 e. The lowest BCUT2D eigenvalue weighted by molar-refractivity contribution is -0.384. The quantitative estimate of drug-likeness (QED) is 0.602. The van der Waals surface area contributed by atoms with Crippen molar-refractivity contribution in [2.24, 2.45) is 0 Å². The van der Waals surface area contributed by atoms with Crippen molar-refractivity contribution in [3.63, 3.8) is 0 Å². The number of ether oxygens (including phenoxy) is 1. The van der Waals surface area contributed by atoms with E-state index in [4.69, 9.17) is 16.3 Å². The van der Waals surface area contributed by atoms with Gasteiger partial charge in [0, 0.05) is 16.6 Å². The molecule has 0 spiro atoms. The predicted molar refractivity (Wildman–Crippen MR) is 91.5 cm³/mol. The van der Waals surface area contributed by atoms with Crippen LogP contribution in [0.25, 0.3) is 0 Å². The predicted octanol–water partition coefficient (Wildman–Crippen LogP) is 4.58. The monoisotopic (exact) mass is 398 g/mol. The van der Waals surface area contributed by atoms with E-state index in [-0.39, 0.29) is 16.4 Å². The molecule has 8 heteroatoms. The molecule has 0 saturated heterocycles. The number of non-ortho nitro benzene ring substituents is 1. The lowest BCUT2D eigenvalue weighted by Crippen LogP contribution is -2.14. The second kappa shape index (κ2) is 6.97. The number of nitrogens with zero attached hydrogens (tertiary/aromatic N) is 1. The maximum atomic E-state index is 12.5. The molecule has 6 nitrogen and oxygen atoms in total. The lowest BCUT2D eigenvalue weighted by atomic mass is 10.1. The summed E-state index contributed by atoms with van der Waals surface area (Å²) < 4.78 is 5.97. The molecule has 0 saturated carbocycles. The molecule has 2 rings (SSSR count). The molecule has 0 unspecified atom stereocenters. The van der Waals surface area contributed by atoms with Gasteiger partial charge in [0.05, 0.1) is 28.3 Å². The Bertz CT molecular complexity index is 795. The number of nitro benzene ring substituents is 1. The molecule has 0 radical (unpaired) electrons. The third kappa shape index (κ3) is 3.80. The molecule has 1 amide bonds. The number of nitrogens with one attached hydrogen (secondary N) is 1. The van der Waals surface area contributed by atoms with Gasteiger partial charge in [-0.15, -0.1) is 0 Å². The first kappa shape index (κ1) is 17.2. The highest BCUT2D eigenvalue weighted by Gasteiger charge is 2.18. The number of nitro groups is 1. The number of hydrogen-bond donors (Lipinski definition) is 1. The van der Waals surface area contributed by atoms with Gasteiger partial charge in [0.2, 0.25) is 0 Å². The third-order valence-electron chi connectivity index (χ3n) is 3.10. The fourth-order valence-electron chi connectivity index (χ4n) is 2.08. The van der Waals surface area contributed by atoms with E-state index in [0.29, 0.717) is 15.8 Å². The Labute approximate surface area is 145 Å². The van der Waals surface area contributed by atoms with Gasteiger partial charge in [-0.2, -0.15) is 0 Å². The van der Waals surface area contributed by atoms with Gasteiger partial charge >= 0.3 is 0 Å². The second-order valence-corrected chi connectivity index (χ2v) is 6.00. The van der Waals surface area contributed by atoms with E-state index in [1.54, 1.807) is 13.0 Å². The Hall–Kier alpha value is -2.12. The van der Waals surface area contributed by atoms with Gasteiger partial charge in [0.1, 0.15) is 5.75 Å². The van der Waals surface area contributed by atoms with Crippen LogP contribution in [0.1, 0.15) is 15.9 Å². The number of carbonyl (C=O) groups excluding carboxylic acids is 1. The highest BCUT2D eigenvalue weighted by Crippen LogP contribution is 2.31. The van der Waals surface area contributed by atoms with Crippen LogP contribution in [0.5, 0.6) is 5.75 Å². The minimum Gasteiger partial charge on any atom is -0.496 e. The van der Waals surface area contributed by atoms with Crippen LogP contribution in [0, 0.1) is 17.0 Å². The van der Waals surface area contributed by atoms with Gasteiger partial charge in [0.25, 0.3) is 11.6 Å². The maximum Gasteiger partial charge on any atom is 0.271 e. The number of benzene rings is 2. The van der Waals surface area contributed by atoms with Gasteiger partial charge in [0.15, 0.2) is 0 Å². The van der Waals surface area contributed by atoms with Crippen LogP contribution in [0.4, 0.5) is 11.4 Å². The van der Waals surface area contributed by atoms with E-state index >= 15 is 0 Å². The van der Waals surface area contributed by atoms with Crippen LogP contribution >= 0.6 is 27.5 Å². The number of hydrogen-bond acceptors (Lipinski definition) is 4. The summed E-state index contributed by atoms with van der Waals surface area (Å²) in [5, 5.41) is 13.6. The van der Waals surface area contributed by atoms with Crippen LogP contribution in [-0.2, 0) is 0 Å².